The Morgan fingerprint density at radius 3 is 2.41 bits per heavy atom. The van der Waals surface area contributed by atoms with Gasteiger partial charge in [-0.15, -0.1) is 0 Å². The van der Waals surface area contributed by atoms with Gasteiger partial charge >= 0.3 is 5.97 Å². The van der Waals surface area contributed by atoms with Crippen LogP contribution in [0.4, 0.5) is 0 Å². The van der Waals surface area contributed by atoms with E-state index < -0.39 is 5.97 Å². The van der Waals surface area contributed by atoms with Crippen LogP contribution in [-0.4, -0.2) is 17.9 Å². The van der Waals surface area contributed by atoms with Crippen molar-refractivity contribution in [2.24, 2.45) is 0 Å². The molecule has 0 bridgehead atoms. The van der Waals surface area contributed by atoms with E-state index >= 15 is 0 Å². The number of carbonyl (C=O) groups excluding carboxylic acids is 2. The van der Waals surface area contributed by atoms with Crippen LogP contribution in [-0.2, 0) is 14.3 Å². The summed E-state index contributed by atoms with van der Waals surface area (Å²) in [7, 11) is 0. The van der Waals surface area contributed by atoms with Crippen molar-refractivity contribution in [3.63, 3.8) is 0 Å². The molecule has 0 aromatic rings. The summed E-state index contributed by atoms with van der Waals surface area (Å²) in [6.45, 7) is 1.90. The van der Waals surface area contributed by atoms with Crippen molar-refractivity contribution in [3.8, 4) is 0 Å². The van der Waals surface area contributed by atoms with Crippen molar-refractivity contribution in [1.82, 2.24) is 0 Å². The summed E-state index contributed by atoms with van der Waals surface area (Å²) in [5, 5.41) is 0. The minimum atomic E-state index is -0.400. The van der Waals surface area contributed by atoms with Crippen molar-refractivity contribution in [2.75, 3.05) is 0 Å². The summed E-state index contributed by atoms with van der Waals surface area (Å²) in [5.74, 6) is -0.380. The molecule has 1 rings (SSSR count). The molecule has 96 valence electrons. The van der Waals surface area contributed by atoms with Crippen LogP contribution in [0.25, 0.3) is 0 Å². The molecule has 3 heteroatoms. The highest BCUT2D eigenvalue weighted by Crippen LogP contribution is 2.12. The van der Waals surface area contributed by atoms with Gasteiger partial charge in [-0.3, -0.25) is 4.79 Å². The van der Waals surface area contributed by atoms with Gasteiger partial charge in [-0.25, -0.2) is 4.79 Å². The molecule has 0 aliphatic carbocycles. The summed E-state index contributed by atoms with van der Waals surface area (Å²) in [6, 6.07) is 0. The van der Waals surface area contributed by atoms with E-state index in [0.29, 0.717) is 6.42 Å². The Morgan fingerprint density at radius 1 is 1.00 bits per heavy atom. The Balaban J connectivity index is 2.46. The second-order valence-corrected chi connectivity index (χ2v) is 4.71. The van der Waals surface area contributed by atoms with Crippen LogP contribution < -0.4 is 0 Å². The molecule has 0 saturated heterocycles. The third-order valence-corrected chi connectivity index (χ3v) is 3.01. The topological polar surface area (TPSA) is 43.4 Å². The predicted octanol–water partition coefficient (Wildman–Crippen LogP) is 3.18. The van der Waals surface area contributed by atoms with Gasteiger partial charge in [-0.2, -0.15) is 0 Å². The maximum Gasteiger partial charge on any atom is 0.331 e. The van der Waals surface area contributed by atoms with Crippen molar-refractivity contribution in [1.29, 1.82) is 0 Å². The van der Waals surface area contributed by atoms with E-state index in [1.165, 1.54) is 31.4 Å². The van der Waals surface area contributed by atoms with Gasteiger partial charge in [0.2, 0.25) is 0 Å². The first-order chi connectivity index (χ1) is 8.18. The fourth-order valence-electron chi connectivity index (χ4n) is 1.98. The van der Waals surface area contributed by atoms with Gasteiger partial charge in [-0.1, -0.05) is 25.7 Å². The van der Waals surface area contributed by atoms with E-state index in [1.807, 2.05) is 6.92 Å². The zero-order chi connectivity index (χ0) is 12.5. The second-order valence-electron chi connectivity index (χ2n) is 4.71. The van der Waals surface area contributed by atoms with E-state index in [-0.39, 0.29) is 11.9 Å². The zero-order valence-electron chi connectivity index (χ0n) is 10.6. The van der Waals surface area contributed by atoms with Gasteiger partial charge in [0.15, 0.2) is 5.78 Å². The third-order valence-electron chi connectivity index (χ3n) is 3.01. The lowest BCUT2D eigenvalue weighted by Gasteiger charge is -2.11. The highest BCUT2D eigenvalue weighted by molar-refractivity contribution is 5.95. The highest BCUT2D eigenvalue weighted by atomic mass is 16.5. The summed E-state index contributed by atoms with van der Waals surface area (Å²) in [4.78, 5) is 22.7. The van der Waals surface area contributed by atoms with E-state index in [4.69, 9.17) is 4.74 Å². The van der Waals surface area contributed by atoms with Crippen LogP contribution in [0.15, 0.2) is 12.2 Å². The van der Waals surface area contributed by atoms with Gasteiger partial charge in [-0.05, 0) is 32.3 Å². The quantitative estimate of drug-likeness (QED) is 0.609. The molecule has 1 heterocycles. The monoisotopic (exact) mass is 238 g/mol. The highest BCUT2D eigenvalue weighted by Gasteiger charge is 2.08. The van der Waals surface area contributed by atoms with E-state index in [1.54, 1.807) is 0 Å². The molecule has 3 nitrogen and oxygen atoms in total. The van der Waals surface area contributed by atoms with Crippen LogP contribution in [0.2, 0.25) is 0 Å². The molecular weight excluding hydrogens is 216 g/mol. The first-order valence-corrected chi connectivity index (χ1v) is 6.60. The molecule has 1 unspecified atom stereocenters. The Labute approximate surface area is 103 Å². The number of hydrogen-bond donors (Lipinski definition) is 0. The summed E-state index contributed by atoms with van der Waals surface area (Å²) in [6.07, 6.45) is 10.7. The SMILES string of the molecule is CC1CCCCCCCCC(=O)/C=C\C(=O)O1. The maximum atomic E-state index is 11.4. The number of rotatable bonds is 0. The molecule has 0 N–H and O–H groups in total. The van der Waals surface area contributed by atoms with Crippen molar-refractivity contribution in [3.05, 3.63) is 12.2 Å². The van der Waals surface area contributed by atoms with E-state index in [2.05, 4.69) is 0 Å². The Kier molecular flexibility index (Phi) is 6.60. The lowest BCUT2D eigenvalue weighted by atomic mass is 10.1. The summed E-state index contributed by atoms with van der Waals surface area (Å²) < 4.78 is 5.17. The van der Waals surface area contributed by atoms with Gasteiger partial charge in [0.25, 0.3) is 0 Å². The molecule has 1 aliphatic rings. The largest absolute Gasteiger partial charge is 0.460 e. The van der Waals surface area contributed by atoms with E-state index in [9.17, 15) is 9.59 Å². The number of hydrogen-bond acceptors (Lipinski definition) is 3. The standard InChI is InChI=1S/C14H22O3/c1-12-8-6-4-2-3-5-7-9-13(15)10-11-14(16)17-12/h10-12H,2-9H2,1H3/b11-10-. The van der Waals surface area contributed by atoms with Crippen molar-refractivity contribution in [2.45, 2.75) is 64.4 Å². The smallest absolute Gasteiger partial charge is 0.331 e. The number of esters is 1. The number of carbonyl (C=O) groups is 2. The molecule has 0 amide bonds. The number of ketones is 1. The van der Waals surface area contributed by atoms with Crippen LogP contribution in [0.5, 0.6) is 0 Å². The van der Waals surface area contributed by atoms with E-state index in [0.717, 1.165) is 25.7 Å². The Morgan fingerprint density at radius 2 is 1.65 bits per heavy atom. The van der Waals surface area contributed by atoms with Gasteiger partial charge < -0.3 is 4.74 Å². The Bertz CT molecular complexity index is 281. The lowest BCUT2D eigenvalue weighted by molar-refractivity contribution is -0.142. The number of cyclic esters (lactones) is 1. The number of ether oxygens (including phenoxy) is 1. The fourth-order valence-corrected chi connectivity index (χ4v) is 1.98. The summed E-state index contributed by atoms with van der Waals surface area (Å²) in [5.41, 5.74) is 0. The molecule has 17 heavy (non-hydrogen) atoms. The molecule has 0 spiro atoms. The number of allylic oxidation sites excluding steroid dienone is 1. The molecule has 0 fully saturated rings. The molecule has 0 aromatic carbocycles. The summed E-state index contributed by atoms with van der Waals surface area (Å²) >= 11 is 0. The predicted molar refractivity (Wildman–Crippen MR) is 66.6 cm³/mol. The first-order valence-electron chi connectivity index (χ1n) is 6.60. The fraction of sp³-hybridized carbons (Fsp3) is 0.714. The lowest BCUT2D eigenvalue weighted by Crippen LogP contribution is -2.13. The molecule has 0 saturated carbocycles. The minimum Gasteiger partial charge on any atom is -0.460 e. The minimum absolute atomic E-state index is 0.0201. The molecule has 1 atom stereocenters. The van der Waals surface area contributed by atoms with Gasteiger partial charge in [0, 0.05) is 12.5 Å². The Hall–Kier alpha value is -1.12. The average molecular weight is 238 g/mol. The van der Waals surface area contributed by atoms with Crippen LogP contribution in [0.1, 0.15) is 58.3 Å². The average Bonchev–Trinajstić information content (AvgIpc) is 2.29. The van der Waals surface area contributed by atoms with Crippen molar-refractivity contribution < 1.29 is 14.3 Å². The normalized spacial score (nSPS) is 27.0. The van der Waals surface area contributed by atoms with Crippen molar-refractivity contribution >= 4 is 11.8 Å². The molecule has 0 aromatic heterocycles. The van der Waals surface area contributed by atoms with Gasteiger partial charge in [0.05, 0.1) is 6.10 Å². The first kappa shape index (κ1) is 13.9. The maximum absolute atomic E-state index is 11.4. The van der Waals surface area contributed by atoms with Crippen LogP contribution in [0, 0.1) is 0 Å². The molecule has 1 aliphatic heterocycles. The van der Waals surface area contributed by atoms with Gasteiger partial charge in [0.1, 0.15) is 0 Å². The third kappa shape index (κ3) is 6.93. The van der Waals surface area contributed by atoms with Crippen LogP contribution >= 0.6 is 0 Å². The zero-order valence-corrected chi connectivity index (χ0v) is 10.6. The second kappa shape index (κ2) is 8.04. The van der Waals surface area contributed by atoms with Crippen LogP contribution in [0.3, 0.4) is 0 Å². The molecular formula is C14H22O3. The molecule has 0 radical (unpaired) electrons.